The molecule has 2 aromatic carbocycles. The Balaban J connectivity index is 1.21. The molecule has 1 aliphatic rings. The normalized spacial score (nSPS) is 14.5. The number of nitrogens with zero attached hydrogens (tertiary/aromatic N) is 4. The number of amides is 1. The summed E-state index contributed by atoms with van der Waals surface area (Å²) in [6.45, 7) is 4.97. The number of aromatic nitrogens is 3. The summed E-state index contributed by atoms with van der Waals surface area (Å²) in [6, 6.07) is 17.9. The van der Waals surface area contributed by atoms with Crippen LogP contribution in [0, 0.1) is 6.92 Å². The number of carbonyl (C=O) groups is 1. The predicted octanol–water partition coefficient (Wildman–Crippen LogP) is 6.79. The molecule has 0 aliphatic carbocycles. The summed E-state index contributed by atoms with van der Waals surface area (Å²) >= 11 is 11.9. The van der Waals surface area contributed by atoms with Crippen molar-refractivity contribution in [3.05, 3.63) is 106 Å². The number of carbonyl (C=O) groups excluding carboxylic acids is 1. The molecule has 0 radical (unpaired) electrons. The molecule has 8 heteroatoms. The molecule has 2 aromatic heterocycles. The van der Waals surface area contributed by atoms with E-state index in [1.807, 2.05) is 12.1 Å². The Kier molecular flexibility index (Phi) is 7.79. The van der Waals surface area contributed by atoms with Crippen LogP contribution in [0.5, 0.6) is 0 Å². The Morgan fingerprint density at radius 3 is 2.41 bits per heavy atom. The summed E-state index contributed by atoms with van der Waals surface area (Å²) < 4.78 is 0. The van der Waals surface area contributed by atoms with Gasteiger partial charge in [-0.05, 0) is 68.1 Å². The van der Waals surface area contributed by atoms with Gasteiger partial charge in [-0.15, -0.1) is 0 Å². The second-order valence-electron chi connectivity index (χ2n) is 9.38. The monoisotopic (exact) mass is 531 g/mol. The van der Waals surface area contributed by atoms with Crippen molar-refractivity contribution in [2.45, 2.75) is 32.2 Å². The van der Waals surface area contributed by atoms with Gasteiger partial charge < -0.3 is 5.32 Å². The van der Waals surface area contributed by atoms with Crippen LogP contribution < -0.4 is 5.32 Å². The zero-order chi connectivity index (χ0) is 25.8. The first kappa shape index (κ1) is 25.3. The quantitative estimate of drug-likeness (QED) is 0.277. The number of anilines is 1. The van der Waals surface area contributed by atoms with Gasteiger partial charge in [-0.25, -0.2) is 15.0 Å². The van der Waals surface area contributed by atoms with Crippen LogP contribution >= 0.6 is 23.2 Å². The first-order valence-corrected chi connectivity index (χ1v) is 13.0. The van der Waals surface area contributed by atoms with E-state index in [1.54, 1.807) is 30.7 Å². The first-order valence-electron chi connectivity index (χ1n) is 12.3. The van der Waals surface area contributed by atoms with E-state index in [4.69, 9.17) is 23.2 Å². The summed E-state index contributed by atoms with van der Waals surface area (Å²) in [6.07, 6.45) is 6.83. The molecule has 0 unspecified atom stereocenters. The second-order valence-corrected chi connectivity index (χ2v) is 10.2. The highest BCUT2D eigenvalue weighted by Crippen LogP contribution is 2.34. The molecule has 188 valence electrons. The van der Waals surface area contributed by atoms with Crippen molar-refractivity contribution in [1.82, 2.24) is 19.9 Å². The zero-order valence-corrected chi connectivity index (χ0v) is 22.0. The average Bonchev–Trinajstić information content (AvgIpc) is 2.91. The first-order chi connectivity index (χ1) is 17.9. The third kappa shape index (κ3) is 6.34. The van der Waals surface area contributed by atoms with Crippen LogP contribution in [0.25, 0.3) is 11.4 Å². The van der Waals surface area contributed by atoms with Gasteiger partial charge in [0.05, 0.1) is 5.02 Å². The Hall–Kier alpha value is -3.32. The topological polar surface area (TPSA) is 71.0 Å². The highest BCUT2D eigenvalue weighted by Gasteiger charge is 2.24. The van der Waals surface area contributed by atoms with Gasteiger partial charge in [0.25, 0.3) is 5.91 Å². The third-order valence-electron chi connectivity index (χ3n) is 6.71. The minimum atomic E-state index is -0.181. The van der Waals surface area contributed by atoms with Gasteiger partial charge in [0.15, 0.2) is 5.82 Å². The molecule has 0 bridgehead atoms. The molecule has 1 N–H and O–H groups in total. The Morgan fingerprint density at radius 2 is 1.70 bits per heavy atom. The molecular weight excluding hydrogens is 505 g/mol. The van der Waals surface area contributed by atoms with E-state index in [0.29, 0.717) is 27.5 Å². The number of aryl methyl sites for hydroxylation is 1. The van der Waals surface area contributed by atoms with E-state index in [9.17, 15) is 4.79 Å². The molecule has 1 fully saturated rings. The molecule has 4 aromatic rings. The number of hydrogen-bond acceptors (Lipinski definition) is 5. The molecule has 0 spiro atoms. The highest BCUT2D eigenvalue weighted by molar-refractivity contribution is 6.30. The van der Waals surface area contributed by atoms with Gasteiger partial charge in [-0.2, -0.15) is 0 Å². The van der Waals surface area contributed by atoms with E-state index < -0.39 is 0 Å². The Labute approximate surface area is 226 Å². The van der Waals surface area contributed by atoms with E-state index in [2.05, 4.69) is 62.4 Å². The minimum Gasteiger partial charge on any atom is -0.322 e. The average molecular weight is 532 g/mol. The molecule has 37 heavy (non-hydrogen) atoms. The number of benzene rings is 2. The van der Waals surface area contributed by atoms with Crippen LogP contribution in [0.2, 0.25) is 10.2 Å². The van der Waals surface area contributed by atoms with Crippen molar-refractivity contribution in [3.8, 4) is 11.4 Å². The number of nitrogens with one attached hydrogen (secondary N) is 1. The van der Waals surface area contributed by atoms with Gasteiger partial charge in [0.1, 0.15) is 5.15 Å². The summed E-state index contributed by atoms with van der Waals surface area (Å²) in [4.78, 5) is 27.9. The number of likely N-dealkylation sites (tertiary alicyclic amines) is 1. The molecule has 6 nitrogen and oxygen atoms in total. The fourth-order valence-electron chi connectivity index (χ4n) is 4.75. The highest BCUT2D eigenvalue weighted by atomic mass is 35.5. The molecule has 1 saturated heterocycles. The number of halogens is 2. The molecule has 0 atom stereocenters. The lowest BCUT2D eigenvalue weighted by Crippen LogP contribution is -2.32. The summed E-state index contributed by atoms with van der Waals surface area (Å²) in [5.41, 5.74) is 5.97. The maximum atomic E-state index is 12.9. The minimum absolute atomic E-state index is 0.181. The maximum Gasteiger partial charge on any atom is 0.255 e. The van der Waals surface area contributed by atoms with Gasteiger partial charge in [0.2, 0.25) is 0 Å². The van der Waals surface area contributed by atoms with Crippen molar-refractivity contribution < 1.29 is 4.79 Å². The molecule has 1 amide bonds. The SMILES string of the molecule is Cc1ccc(NC(=O)c2ccnc(Cl)c2)c(C2CCN(Cc3ccc(-c4ncc(Cl)cn4)cc3)CC2)c1. The molecule has 1 aliphatic heterocycles. The maximum absolute atomic E-state index is 12.9. The fraction of sp³-hybridized carbons (Fsp3) is 0.241. The van der Waals surface area contributed by atoms with Gasteiger partial charge in [-0.3, -0.25) is 9.69 Å². The molecule has 0 saturated carbocycles. The molecule has 5 rings (SSSR count). The molecule has 3 heterocycles. The van der Waals surface area contributed by atoms with Crippen molar-refractivity contribution in [2.24, 2.45) is 0 Å². The second kappa shape index (κ2) is 11.4. The van der Waals surface area contributed by atoms with Crippen molar-refractivity contribution in [2.75, 3.05) is 18.4 Å². The Morgan fingerprint density at radius 1 is 0.973 bits per heavy atom. The lowest BCUT2D eigenvalue weighted by atomic mass is 9.87. The predicted molar refractivity (Wildman–Crippen MR) is 148 cm³/mol. The lowest BCUT2D eigenvalue weighted by Gasteiger charge is -2.33. The van der Waals surface area contributed by atoms with Gasteiger partial charge in [0, 0.05) is 41.9 Å². The third-order valence-corrected chi connectivity index (χ3v) is 7.11. The number of piperidine rings is 1. The summed E-state index contributed by atoms with van der Waals surface area (Å²) in [5, 5.41) is 3.93. The van der Waals surface area contributed by atoms with Crippen LogP contribution in [0.15, 0.2) is 73.2 Å². The van der Waals surface area contributed by atoms with Crippen molar-refractivity contribution in [3.63, 3.8) is 0 Å². The van der Waals surface area contributed by atoms with Crippen LogP contribution in [0.4, 0.5) is 5.69 Å². The van der Waals surface area contributed by atoms with E-state index in [0.717, 1.165) is 43.7 Å². The van der Waals surface area contributed by atoms with E-state index in [-0.39, 0.29) is 5.91 Å². The van der Waals surface area contributed by atoms with Crippen LogP contribution in [0.3, 0.4) is 0 Å². The zero-order valence-electron chi connectivity index (χ0n) is 20.5. The fourth-order valence-corrected chi connectivity index (χ4v) is 5.02. The van der Waals surface area contributed by atoms with Gasteiger partial charge in [-0.1, -0.05) is 65.2 Å². The smallest absolute Gasteiger partial charge is 0.255 e. The lowest BCUT2D eigenvalue weighted by molar-refractivity contribution is 0.102. The van der Waals surface area contributed by atoms with Crippen molar-refractivity contribution >= 4 is 34.8 Å². The van der Waals surface area contributed by atoms with E-state index >= 15 is 0 Å². The van der Waals surface area contributed by atoms with Crippen LogP contribution in [-0.2, 0) is 6.54 Å². The van der Waals surface area contributed by atoms with E-state index in [1.165, 1.54) is 16.7 Å². The molecular formula is C29H27Cl2N5O. The number of rotatable bonds is 6. The standard InChI is InChI=1S/C29H27Cl2N5O/c1-19-2-7-26(35-29(37)23-8-11-32-27(31)15-23)25(14-19)21-9-12-36(13-10-21)18-20-3-5-22(6-4-20)28-33-16-24(30)17-34-28/h2-8,11,14-17,21H,9-10,12-13,18H2,1H3,(H,35,37). The van der Waals surface area contributed by atoms with Crippen LogP contribution in [0.1, 0.15) is 45.8 Å². The van der Waals surface area contributed by atoms with Crippen LogP contribution in [-0.4, -0.2) is 38.8 Å². The summed E-state index contributed by atoms with van der Waals surface area (Å²) in [7, 11) is 0. The van der Waals surface area contributed by atoms with Gasteiger partial charge >= 0.3 is 0 Å². The van der Waals surface area contributed by atoms with Crippen molar-refractivity contribution in [1.29, 1.82) is 0 Å². The Bertz CT molecular complexity index is 1380. The number of hydrogen-bond donors (Lipinski definition) is 1. The largest absolute Gasteiger partial charge is 0.322 e. The summed E-state index contributed by atoms with van der Waals surface area (Å²) in [5.74, 6) is 0.876. The number of pyridine rings is 1.